The molecule has 0 nitrogen and oxygen atoms in total. The largest absolute Gasteiger partial charge is 3.00 e. The van der Waals surface area contributed by atoms with Crippen LogP contribution in [0.1, 0.15) is 92.5 Å². The van der Waals surface area contributed by atoms with Gasteiger partial charge in [-0.1, -0.05) is 160 Å². The van der Waals surface area contributed by atoms with Crippen LogP contribution < -0.4 is 35.3 Å². The van der Waals surface area contributed by atoms with Crippen molar-refractivity contribution in [2.45, 2.75) is 72.6 Å². The first kappa shape index (κ1) is 36.0. The molecule has 0 saturated carbocycles. The Balaban J connectivity index is 0.00000176. The molecule has 0 fully saturated rings. The van der Waals surface area contributed by atoms with Crippen molar-refractivity contribution < 1.29 is 51.0 Å². The van der Waals surface area contributed by atoms with Crippen LogP contribution in [-0.4, -0.2) is 0 Å². The fourth-order valence-corrected chi connectivity index (χ4v) is 6.36. The molecule has 0 amide bonds. The molecule has 0 N–H and O–H groups in total. The summed E-state index contributed by atoms with van der Waals surface area (Å²) in [5.41, 5.74) is 15.6. The molecule has 3 heteroatoms. The predicted molar refractivity (Wildman–Crippen MR) is 177 cm³/mol. The van der Waals surface area contributed by atoms with Gasteiger partial charge in [-0.2, -0.15) is 0 Å². The maximum absolute atomic E-state index is 3.93. The van der Waals surface area contributed by atoms with Crippen LogP contribution >= 0.6 is 0 Å². The Morgan fingerprint density at radius 1 is 0.682 bits per heavy atom. The van der Waals surface area contributed by atoms with E-state index < -0.39 is 0 Å². The van der Waals surface area contributed by atoms with Crippen LogP contribution in [0.25, 0.3) is 28.3 Å². The summed E-state index contributed by atoms with van der Waals surface area (Å²) in [6.07, 6.45) is 11.7. The third-order valence-corrected chi connectivity index (χ3v) is 8.55. The summed E-state index contributed by atoms with van der Waals surface area (Å²) in [4.78, 5) is 0. The quantitative estimate of drug-likeness (QED) is 0.255. The van der Waals surface area contributed by atoms with Gasteiger partial charge in [0.2, 0.25) is 0 Å². The van der Waals surface area contributed by atoms with Crippen LogP contribution in [-0.2, 0) is 37.0 Å². The van der Waals surface area contributed by atoms with Gasteiger partial charge in [0, 0.05) is 0 Å². The zero-order valence-electron chi connectivity index (χ0n) is 27.1. The van der Waals surface area contributed by atoms with E-state index in [0.29, 0.717) is 0 Å². The summed E-state index contributed by atoms with van der Waals surface area (Å²) >= 11 is 0. The molecule has 0 spiro atoms. The minimum atomic E-state index is -0.0865. The van der Waals surface area contributed by atoms with E-state index in [1.54, 1.807) is 0 Å². The van der Waals surface area contributed by atoms with Crippen LogP contribution in [0.5, 0.6) is 0 Å². The first-order valence-electron chi connectivity index (χ1n) is 14.9. The number of halogens is 2. The summed E-state index contributed by atoms with van der Waals surface area (Å²) in [6.45, 7) is 18.3. The zero-order chi connectivity index (χ0) is 29.1. The van der Waals surface area contributed by atoms with E-state index >= 15 is 0 Å². The molecule has 0 aliphatic heterocycles. The predicted octanol–water partition coefficient (Wildman–Crippen LogP) is 3.18. The number of allylic oxidation sites excluding steroid dienone is 4. The Bertz CT molecular complexity index is 1810. The number of rotatable bonds is 3. The van der Waals surface area contributed by atoms with Gasteiger partial charge in [-0.15, -0.1) is 34.1 Å². The molecule has 0 saturated heterocycles. The summed E-state index contributed by atoms with van der Waals surface area (Å²) in [7, 11) is 0. The van der Waals surface area contributed by atoms with Gasteiger partial charge < -0.3 is 24.8 Å². The molecule has 223 valence electrons. The number of aryl methyl sites for hydroxylation is 2. The minimum Gasteiger partial charge on any atom is -1.00 e. The third kappa shape index (κ3) is 6.72. The Morgan fingerprint density at radius 3 is 1.73 bits per heavy atom. The van der Waals surface area contributed by atoms with Crippen molar-refractivity contribution in [3.63, 3.8) is 0 Å². The van der Waals surface area contributed by atoms with Gasteiger partial charge >= 0.3 is 26.2 Å². The van der Waals surface area contributed by atoms with Gasteiger partial charge in [-0.25, -0.2) is 0 Å². The molecule has 2 aliphatic rings. The van der Waals surface area contributed by atoms with Gasteiger partial charge in [-0.05, 0) is 53.0 Å². The van der Waals surface area contributed by atoms with E-state index in [0.717, 1.165) is 6.42 Å². The molecular formula is C41H41Cl2Zr. The monoisotopic (exact) mass is 693 g/mol. The fourth-order valence-electron chi connectivity index (χ4n) is 6.36. The van der Waals surface area contributed by atoms with Crippen LogP contribution in [0.4, 0.5) is 0 Å². The standard InChI is InChI=1S/C41H41.2ClH.Zr/c1-26-13-17-29(18-14-26)37(30-19-15-27(2)16-20-30)36-25-34-33-22-21-32(40(3,4)5)23-31(33)24-35(34)38(28-11-9-10-12-28)39(36)41(6,7)8;;;/h9-11,13-23,25H,12H2,1-8H3;2*1H;/q-1;;;+3/p-2. The Labute approximate surface area is 296 Å². The average molecular weight is 696 g/mol. The van der Waals surface area contributed by atoms with Crippen molar-refractivity contribution in [1.29, 1.82) is 0 Å². The Hall–Kier alpha value is -2.44. The van der Waals surface area contributed by atoms with Crippen molar-refractivity contribution in [3.05, 3.63) is 146 Å². The van der Waals surface area contributed by atoms with E-state index in [-0.39, 0.29) is 61.8 Å². The summed E-state index contributed by atoms with van der Waals surface area (Å²) in [5, 5.41) is 2.57. The van der Waals surface area contributed by atoms with Crippen molar-refractivity contribution >= 4 is 17.2 Å². The van der Waals surface area contributed by atoms with Gasteiger partial charge in [-0.3, -0.25) is 0 Å². The second-order valence-electron chi connectivity index (χ2n) is 13.9. The molecule has 0 aromatic heterocycles. The fraction of sp³-hybridized carbons (Fsp3) is 0.268. The SMILES string of the molecule is Cc1ccc(C(c2ccc(C)cc2)=c2cc3c(c(C4=CC=CC4)c2C(C)(C)C)=[C-]c2cc(C(C)(C)C)ccc2-3)cc1.[Cl-].[Cl-].[Zr+3]. The van der Waals surface area contributed by atoms with Crippen molar-refractivity contribution in [2.75, 3.05) is 0 Å². The second-order valence-corrected chi connectivity index (χ2v) is 13.9. The van der Waals surface area contributed by atoms with Crippen LogP contribution in [0.3, 0.4) is 0 Å². The smallest absolute Gasteiger partial charge is 1.00 e. The molecule has 0 unspecified atom stereocenters. The van der Waals surface area contributed by atoms with Gasteiger partial charge in [0.15, 0.2) is 0 Å². The molecule has 1 radical (unpaired) electrons. The van der Waals surface area contributed by atoms with Gasteiger partial charge in [0.25, 0.3) is 0 Å². The average Bonchev–Trinajstić information content (AvgIpc) is 3.57. The topological polar surface area (TPSA) is 0 Å². The van der Waals surface area contributed by atoms with E-state index in [1.807, 2.05) is 0 Å². The molecule has 4 aromatic rings. The number of hydrogen-bond acceptors (Lipinski definition) is 0. The molecule has 0 atom stereocenters. The molecule has 4 aromatic carbocycles. The molecular weight excluding hydrogens is 655 g/mol. The van der Waals surface area contributed by atoms with Gasteiger partial charge in [0.1, 0.15) is 0 Å². The zero-order valence-corrected chi connectivity index (χ0v) is 31.1. The molecule has 0 heterocycles. The van der Waals surface area contributed by atoms with E-state index in [9.17, 15) is 0 Å². The van der Waals surface area contributed by atoms with Crippen LogP contribution in [0.2, 0.25) is 0 Å². The minimum absolute atomic E-state index is 0. The number of hydrogen-bond donors (Lipinski definition) is 0. The maximum Gasteiger partial charge on any atom is 3.00 e. The Kier molecular flexibility index (Phi) is 11.1. The summed E-state index contributed by atoms with van der Waals surface area (Å²) in [5.74, 6) is 0. The van der Waals surface area contributed by atoms with E-state index in [2.05, 4.69) is 152 Å². The second kappa shape index (κ2) is 13.5. The third-order valence-electron chi connectivity index (χ3n) is 8.55. The Morgan fingerprint density at radius 2 is 1.25 bits per heavy atom. The van der Waals surface area contributed by atoms with Crippen LogP contribution in [0.15, 0.2) is 91.0 Å². The first-order valence-corrected chi connectivity index (χ1v) is 14.9. The van der Waals surface area contributed by atoms with Crippen LogP contribution in [0, 0.1) is 13.8 Å². The normalized spacial score (nSPS) is 13.0. The molecule has 0 bridgehead atoms. The summed E-state index contributed by atoms with van der Waals surface area (Å²) < 4.78 is 0. The number of fused-ring (bicyclic) bond motifs is 3. The van der Waals surface area contributed by atoms with Gasteiger partial charge in [0.05, 0.1) is 0 Å². The first-order chi connectivity index (χ1) is 19.4. The molecule has 44 heavy (non-hydrogen) atoms. The van der Waals surface area contributed by atoms with E-state index in [1.165, 1.54) is 77.2 Å². The van der Waals surface area contributed by atoms with Crippen molar-refractivity contribution in [1.82, 2.24) is 0 Å². The number of benzene rings is 4. The van der Waals surface area contributed by atoms with Crippen molar-refractivity contribution in [2.24, 2.45) is 0 Å². The molecule has 2 aliphatic carbocycles. The van der Waals surface area contributed by atoms with E-state index in [4.69, 9.17) is 0 Å². The molecule has 6 rings (SSSR count). The summed E-state index contributed by atoms with van der Waals surface area (Å²) in [6, 6.07) is 27.6. The van der Waals surface area contributed by atoms with Crippen molar-refractivity contribution in [3.8, 4) is 11.1 Å². The maximum atomic E-state index is 3.93.